The van der Waals surface area contributed by atoms with Crippen molar-refractivity contribution in [3.05, 3.63) is 34.1 Å². The number of hydrogen-bond donors (Lipinski definition) is 1. The Balaban J connectivity index is 2.43. The number of halogens is 2. The number of benzene rings is 1. The normalized spacial score (nSPS) is 29.2. The molecule has 1 heterocycles. The van der Waals surface area contributed by atoms with Gasteiger partial charge in [-0.3, -0.25) is 4.79 Å². The Kier molecular flexibility index (Phi) is 2.78. The molecule has 0 saturated carbocycles. The molecule has 1 aromatic carbocycles. The Morgan fingerprint density at radius 2 is 2.25 bits per heavy atom. The molecule has 0 bridgehead atoms. The quantitative estimate of drug-likeness (QED) is 0.845. The molecule has 2 atom stereocenters. The van der Waals surface area contributed by atoms with E-state index in [0.717, 1.165) is 5.56 Å². The number of carbonyl (C=O) groups is 1. The predicted octanol–water partition coefficient (Wildman–Crippen LogP) is 2.75. The van der Waals surface area contributed by atoms with E-state index in [4.69, 9.17) is 0 Å². The van der Waals surface area contributed by atoms with Gasteiger partial charge in [-0.1, -0.05) is 13.0 Å². The van der Waals surface area contributed by atoms with Gasteiger partial charge in [-0.05, 0) is 40.5 Å². The Labute approximate surface area is 102 Å². The summed E-state index contributed by atoms with van der Waals surface area (Å²) in [6.45, 7) is 4.00. The lowest BCUT2D eigenvalue weighted by molar-refractivity contribution is -0.119. The van der Waals surface area contributed by atoms with E-state index in [0.29, 0.717) is 10.9 Å². The molecule has 0 aliphatic carbocycles. The molecule has 4 heteroatoms. The van der Waals surface area contributed by atoms with Crippen molar-refractivity contribution in [2.75, 3.05) is 0 Å². The van der Waals surface area contributed by atoms with Crippen LogP contribution in [0, 0.1) is 5.82 Å². The van der Waals surface area contributed by atoms with Gasteiger partial charge in [-0.25, -0.2) is 4.39 Å². The van der Waals surface area contributed by atoms with Crippen LogP contribution < -0.4 is 5.32 Å². The maximum absolute atomic E-state index is 13.2. The first-order valence-corrected chi connectivity index (χ1v) is 5.97. The van der Waals surface area contributed by atoms with Crippen LogP contribution in [0.2, 0.25) is 0 Å². The van der Waals surface area contributed by atoms with Crippen LogP contribution in [0.5, 0.6) is 0 Å². The highest BCUT2D eigenvalue weighted by Crippen LogP contribution is 2.36. The zero-order valence-corrected chi connectivity index (χ0v) is 10.8. The van der Waals surface area contributed by atoms with Gasteiger partial charge in [-0.2, -0.15) is 0 Å². The second-order valence-electron chi connectivity index (χ2n) is 4.51. The lowest BCUT2D eigenvalue weighted by atomic mass is 9.77. The fraction of sp³-hybridized carbons (Fsp3) is 0.417. The molecule has 1 aliphatic rings. The molecule has 0 aromatic heterocycles. The highest BCUT2D eigenvalue weighted by molar-refractivity contribution is 9.10. The number of hydrogen-bond acceptors (Lipinski definition) is 1. The van der Waals surface area contributed by atoms with Crippen molar-refractivity contribution < 1.29 is 9.18 Å². The van der Waals surface area contributed by atoms with Gasteiger partial charge in [0.2, 0.25) is 5.91 Å². The molecule has 2 rings (SSSR count). The fourth-order valence-corrected chi connectivity index (χ4v) is 2.52. The number of amides is 1. The standard InChI is InChI=1S/C12H13BrFNO/c1-7-12(2,6-11(16)15-7)8-3-4-10(14)9(13)5-8/h3-5,7H,6H2,1-2H3,(H,15,16). The average molecular weight is 286 g/mol. The summed E-state index contributed by atoms with van der Waals surface area (Å²) in [4.78, 5) is 11.4. The molecule has 1 saturated heterocycles. The SMILES string of the molecule is CC1NC(=O)CC1(C)c1ccc(F)c(Br)c1. The van der Waals surface area contributed by atoms with Crippen LogP contribution in [0.25, 0.3) is 0 Å². The Hall–Kier alpha value is -0.900. The van der Waals surface area contributed by atoms with Gasteiger partial charge in [0.25, 0.3) is 0 Å². The zero-order valence-electron chi connectivity index (χ0n) is 9.18. The molecule has 1 aromatic rings. The minimum Gasteiger partial charge on any atom is -0.353 e. The lowest BCUT2D eigenvalue weighted by Crippen LogP contribution is -2.35. The second-order valence-corrected chi connectivity index (χ2v) is 5.37. The van der Waals surface area contributed by atoms with Gasteiger partial charge < -0.3 is 5.32 Å². The van der Waals surface area contributed by atoms with Crippen molar-refractivity contribution in [2.24, 2.45) is 0 Å². The van der Waals surface area contributed by atoms with E-state index in [1.807, 2.05) is 13.8 Å². The van der Waals surface area contributed by atoms with E-state index in [2.05, 4.69) is 21.2 Å². The third-order valence-electron chi connectivity index (χ3n) is 3.44. The summed E-state index contributed by atoms with van der Waals surface area (Å²) < 4.78 is 13.6. The largest absolute Gasteiger partial charge is 0.353 e. The van der Waals surface area contributed by atoms with Gasteiger partial charge in [0.05, 0.1) is 4.47 Å². The van der Waals surface area contributed by atoms with Crippen molar-refractivity contribution in [2.45, 2.75) is 31.7 Å². The topological polar surface area (TPSA) is 29.1 Å². The molecule has 16 heavy (non-hydrogen) atoms. The second kappa shape index (κ2) is 3.84. The molecule has 86 valence electrons. The van der Waals surface area contributed by atoms with Crippen molar-refractivity contribution in [1.82, 2.24) is 5.32 Å². The first-order chi connectivity index (χ1) is 7.43. The first-order valence-electron chi connectivity index (χ1n) is 5.18. The predicted molar refractivity (Wildman–Crippen MR) is 63.7 cm³/mol. The van der Waals surface area contributed by atoms with Crippen LogP contribution in [0.1, 0.15) is 25.8 Å². The summed E-state index contributed by atoms with van der Waals surface area (Å²) in [6.07, 6.45) is 0.451. The number of rotatable bonds is 1. The van der Waals surface area contributed by atoms with Gasteiger partial charge in [-0.15, -0.1) is 0 Å². The van der Waals surface area contributed by atoms with Gasteiger partial charge in [0, 0.05) is 17.9 Å². The van der Waals surface area contributed by atoms with Crippen LogP contribution in [-0.4, -0.2) is 11.9 Å². The van der Waals surface area contributed by atoms with E-state index >= 15 is 0 Å². The molecular weight excluding hydrogens is 273 g/mol. The third kappa shape index (κ3) is 1.75. The van der Waals surface area contributed by atoms with Crippen molar-refractivity contribution in [3.8, 4) is 0 Å². The first kappa shape index (κ1) is 11.6. The lowest BCUT2D eigenvalue weighted by Gasteiger charge is -2.28. The van der Waals surface area contributed by atoms with E-state index in [1.54, 1.807) is 12.1 Å². The van der Waals surface area contributed by atoms with Crippen molar-refractivity contribution in [3.63, 3.8) is 0 Å². The van der Waals surface area contributed by atoms with Gasteiger partial charge in [0.1, 0.15) is 5.82 Å². The Morgan fingerprint density at radius 1 is 1.56 bits per heavy atom. The Morgan fingerprint density at radius 3 is 2.75 bits per heavy atom. The van der Waals surface area contributed by atoms with Crippen LogP contribution in [0.3, 0.4) is 0 Å². The van der Waals surface area contributed by atoms with E-state index < -0.39 is 0 Å². The fourth-order valence-electron chi connectivity index (χ4n) is 2.14. The maximum atomic E-state index is 13.2. The average Bonchev–Trinajstić information content (AvgIpc) is 2.46. The van der Waals surface area contributed by atoms with E-state index in [1.165, 1.54) is 6.07 Å². The minimum atomic E-state index is -0.280. The zero-order chi connectivity index (χ0) is 11.9. The molecule has 1 aliphatic heterocycles. The van der Waals surface area contributed by atoms with Crippen LogP contribution >= 0.6 is 15.9 Å². The Bertz CT molecular complexity index is 449. The molecular formula is C12H13BrFNO. The van der Waals surface area contributed by atoms with Crippen LogP contribution in [-0.2, 0) is 10.2 Å². The molecule has 1 N–H and O–H groups in total. The monoisotopic (exact) mass is 285 g/mol. The van der Waals surface area contributed by atoms with Crippen LogP contribution in [0.4, 0.5) is 4.39 Å². The third-order valence-corrected chi connectivity index (χ3v) is 4.05. The van der Waals surface area contributed by atoms with Gasteiger partial charge >= 0.3 is 0 Å². The van der Waals surface area contributed by atoms with E-state index in [-0.39, 0.29) is 23.2 Å². The molecule has 1 fully saturated rings. The highest BCUT2D eigenvalue weighted by atomic mass is 79.9. The highest BCUT2D eigenvalue weighted by Gasteiger charge is 2.41. The summed E-state index contributed by atoms with van der Waals surface area (Å²) in [6, 6.07) is 5.00. The number of carbonyl (C=O) groups excluding carboxylic acids is 1. The smallest absolute Gasteiger partial charge is 0.221 e. The molecule has 2 nitrogen and oxygen atoms in total. The van der Waals surface area contributed by atoms with Crippen molar-refractivity contribution >= 4 is 21.8 Å². The molecule has 0 spiro atoms. The summed E-state index contributed by atoms with van der Waals surface area (Å²) in [5.74, 6) is -0.229. The van der Waals surface area contributed by atoms with E-state index in [9.17, 15) is 9.18 Å². The summed E-state index contributed by atoms with van der Waals surface area (Å²) >= 11 is 3.17. The number of nitrogens with one attached hydrogen (secondary N) is 1. The summed E-state index contributed by atoms with van der Waals surface area (Å²) in [7, 11) is 0. The van der Waals surface area contributed by atoms with Crippen molar-refractivity contribution in [1.29, 1.82) is 0 Å². The minimum absolute atomic E-state index is 0.0513. The summed E-state index contributed by atoms with van der Waals surface area (Å²) in [5.41, 5.74) is 0.722. The molecule has 0 radical (unpaired) electrons. The molecule has 2 unspecified atom stereocenters. The van der Waals surface area contributed by atoms with Gasteiger partial charge in [0.15, 0.2) is 0 Å². The molecule has 1 amide bonds. The summed E-state index contributed by atoms with van der Waals surface area (Å²) in [5, 5.41) is 2.89. The van der Waals surface area contributed by atoms with Crippen LogP contribution in [0.15, 0.2) is 22.7 Å². The maximum Gasteiger partial charge on any atom is 0.221 e.